The van der Waals surface area contributed by atoms with Gasteiger partial charge in [-0.05, 0) is 6.07 Å². The van der Waals surface area contributed by atoms with Crippen molar-refractivity contribution in [3.63, 3.8) is 0 Å². The SMILES string of the molecule is CN=C(NCCS(C)(=O)=O)NCc1cc2c(cc1OC(F)F)OCO2.I. The number of hydrogen-bond donors (Lipinski definition) is 2. The van der Waals surface area contributed by atoms with Gasteiger partial charge in [-0.1, -0.05) is 0 Å². The number of halogens is 3. The van der Waals surface area contributed by atoms with Crippen LogP contribution in [-0.4, -0.2) is 53.4 Å². The van der Waals surface area contributed by atoms with Gasteiger partial charge < -0.3 is 24.8 Å². The minimum Gasteiger partial charge on any atom is -0.454 e. The number of hydrogen-bond acceptors (Lipinski definition) is 6. The molecule has 0 unspecified atom stereocenters. The van der Waals surface area contributed by atoms with E-state index >= 15 is 0 Å². The Bertz CT molecular complexity index is 746. The van der Waals surface area contributed by atoms with Gasteiger partial charge in [0.25, 0.3) is 0 Å². The summed E-state index contributed by atoms with van der Waals surface area (Å²) in [6.45, 7) is -2.70. The summed E-state index contributed by atoms with van der Waals surface area (Å²) in [6.07, 6.45) is 1.13. The molecule has 2 N–H and O–H groups in total. The number of guanidine groups is 1. The predicted molar refractivity (Wildman–Crippen MR) is 103 cm³/mol. The summed E-state index contributed by atoms with van der Waals surface area (Å²) in [6, 6.07) is 2.88. The van der Waals surface area contributed by atoms with Gasteiger partial charge in [0.15, 0.2) is 17.5 Å². The van der Waals surface area contributed by atoms with Crippen LogP contribution in [-0.2, 0) is 16.4 Å². The van der Waals surface area contributed by atoms with Crippen molar-refractivity contribution in [3.05, 3.63) is 17.7 Å². The van der Waals surface area contributed by atoms with Crippen molar-refractivity contribution in [2.45, 2.75) is 13.2 Å². The fourth-order valence-corrected chi connectivity index (χ4v) is 2.54. The first-order valence-electron chi connectivity index (χ1n) is 7.28. The van der Waals surface area contributed by atoms with Gasteiger partial charge in [-0.2, -0.15) is 8.78 Å². The summed E-state index contributed by atoms with van der Waals surface area (Å²) in [5, 5.41) is 5.72. The fourth-order valence-electron chi connectivity index (χ4n) is 2.06. The number of benzene rings is 1. The molecule has 1 heterocycles. The number of fused-ring (bicyclic) bond motifs is 1. The fraction of sp³-hybridized carbons (Fsp3) is 0.500. The van der Waals surface area contributed by atoms with E-state index in [0.717, 1.165) is 6.26 Å². The molecule has 1 aliphatic heterocycles. The van der Waals surface area contributed by atoms with Crippen molar-refractivity contribution in [2.24, 2.45) is 4.99 Å². The van der Waals surface area contributed by atoms with E-state index in [2.05, 4.69) is 20.4 Å². The van der Waals surface area contributed by atoms with Gasteiger partial charge in [0, 0.05) is 38.0 Å². The molecule has 0 bridgehead atoms. The lowest BCUT2D eigenvalue weighted by atomic mass is 10.1. The van der Waals surface area contributed by atoms with Crippen LogP contribution < -0.4 is 24.8 Å². The van der Waals surface area contributed by atoms with E-state index in [1.165, 1.54) is 19.2 Å². The molecule has 0 radical (unpaired) electrons. The molecule has 2 rings (SSSR count). The maximum absolute atomic E-state index is 12.6. The number of nitrogens with one attached hydrogen (secondary N) is 2. The second kappa shape index (κ2) is 9.94. The van der Waals surface area contributed by atoms with Crippen LogP contribution in [0.4, 0.5) is 8.78 Å². The highest BCUT2D eigenvalue weighted by Gasteiger charge is 2.20. The average Bonchev–Trinajstić information content (AvgIpc) is 2.95. The van der Waals surface area contributed by atoms with Crippen LogP contribution in [0.15, 0.2) is 17.1 Å². The van der Waals surface area contributed by atoms with Gasteiger partial charge >= 0.3 is 6.61 Å². The van der Waals surface area contributed by atoms with Crippen molar-refractivity contribution < 1.29 is 31.4 Å². The molecule has 0 spiro atoms. The minimum absolute atomic E-state index is 0. The Hall–Kier alpha value is -1.57. The first-order chi connectivity index (χ1) is 11.8. The Morgan fingerprint density at radius 1 is 1.31 bits per heavy atom. The molecule has 1 aromatic rings. The van der Waals surface area contributed by atoms with Gasteiger partial charge in [0.05, 0.1) is 5.75 Å². The number of ether oxygens (including phenoxy) is 3. The number of aliphatic imine (C=N–C) groups is 1. The van der Waals surface area contributed by atoms with Gasteiger partial charge in [-0.25, -0.2) is 8.42 Å². The number of sulfone groups is 1. The summed E-state index contributed by atoms with van der Waals surface area (Å²) >= 11 is 0. The third-order valence-corrected chi connectivity index (χ3v) is 4.15. The van der Waals surface area contributed by atoms with Crippen LogP contribution in [0.3, 0.4) is 0 Å². The Labute approximate surface area is 167 Å². The largest absolute Gasteiger partial charge is 0.454 e. The molecular formula is C14H20F2IN3O5S. The number of alkyl halides is 2. The van der Waals surface area contributed by atoms with Crippen LogP contribution in [0.2, 0.25) is 0 Å². The molecule has 0 aliphatic carbocycles. The van der Waals surface area contributed by atoms with Crippen molar-refractivity contribution in [2.75, 3.05) is 32.4 Å². The molecule has 0 fully saturated rings. The molecule has 0 aromatic heterocycles. The molecule has 0 amide bonds. The Morgan fingerprint density at radius 2 is 1.96 bits per heavy atom. The summed E-state index contributed by atoms with van der Waals surface area (Å²) in [4.78, 5) is 3.94. The molecule has 12 heteroatoms. The van der Waals surface area contributed by atoms with E-state index in [0.29, 0.717) is 23.0 Å². The molecule has 1 aliphatic rings. The van der Waals surface area contributed by atoms with Crippen molar-refractivity contribution in [3.8, 4) is 17.2 Å². The molecule has 0 atom stereocenters. The lowest BCUT2D eigenvalue weighted by molar-refractivity contribution is -0.0505. The Balaban J connectivity index is 0.00000338. The molecule has 0 saturated carbocycles. The minimum atomic E-state index is -3.10. The van der Waals surface area contributed by atoms with E-state index in [1.54, 1.807) is 0 Å². The van der Waals surface area contributed by atoms with Gasteiger partial charge in [-0.3, -0.25) is 4.99 Å². The molecule has 148 valence electrons. The van der Waals surface area contributed by atoms with Crippen molar-refractivity contribution >= 4 is 39.8 Å². The zero-order valence-corrected chi connectivity index (χ0v) is 17.3. The van der Waals surface area contributed by atoms with E-state index in [1.807, 2.05) is 0 Å². The zero-order chi connectivity index (χ0) is 18.4. The highest BCUT2D eigenvalue weighted by Crippen LogP contribution is 2.38. The average molecular weight is 507 g/mol. The van der Waals surface area contributed by atoms with Gasteiger partial charge in [0.1, 0.15) is 15.6 Å². The third kappa shape index (κ3) is 6.97. The van der Waals surface area contributed by atoms with E-state index < -0.39 is 16.4 Å². The summed E-state index contributed by atoms with van der Waals surface area (Å²) < 4.78 is 62.3. The molecule has 8 nitrogen and oxygen atoms in total. The molecule has 1 aromatic carbocycles. The normalized spacial score (nSPS) is 13.3. The highest BCUT2D eigenvalue weighted by atomic mass is 127. The molecule has 26 heavy (non-hydrogen) atoms. The maximum Gasteiger partial charge on any atom is 0.387 e. The van der Waals surface area contributed by atoms with Crippen LogP contribution in [0.5, 0.6) is 17.2 Å². The van der Waals surface area contributed by atoms with Crippen LogP contribution in [0, 0.1) is 0 Å². The van der Waals surface area contributed by atoms with Crippen LogP contribution >= 0.6 is 24.0 Å². The standard InChI is InChI=1S/C14H19F2N3O5S.HI/c1-17-14(18-3-4-25(2,20)21)19-7-9-5-11-12(23-8-22-11)6-10(9)24-13(15)16;/h5-6,13H,3-4,7-8H2,1-2H3,(H2,17,18,19);1H. The van der Waals surface area contributed by atoms with Gasteiger partial charge in [-0.15, -0.1) is 24.0 Å². The second-order valence-corrected chi connectivity index (χ2v) is 7.43. The first kappa shape index (κ1) is 22.5. The Morgan fingerprint density at radius 3 is 2.54 bits per heavy atom. The highest BCUT2D eigenvalue weighted by molar-refractivity contribution is 14.0. The van der Waals surface area contributed by atoms with E-state index in [-0.39, 0.29) is 55.4 Å². The van der Waals surface area contributed by atoms with Crippen molar-refractivity contribution in [1.29, 1.82) is 0 Å². The quantitative estimate of drug-likeness (QED) is 0.327. The summed E-state index contributed by atoms with van der Waals surface area (Å²) in [7, 11) is -1.60. The molecule has 0 saturated heterocycles. The topological polar surface area (TPSA) is 98.3 Å². The zero-order valence-electron chi connectivity index (χ0n) is 14.1. The van der Waals surface area contributed by atoms with E-state index in [9.17, 15) is 17.2 Å². The van der Waals surface area contributed by atoms with E-state index in [4.69, 9.17) is 9.47 Å². The monoisotopic (exact) mass is 507 g/mol. The maximum atomic E-state index is 12.6. The lowest BCUT2D eigenvalue weighted by Crippen LogP contribution is -2.39. The van der Waals surface area contributed by atoms with Crippen LogP contribution in [0.1, 0.15) is 5.56 Å². The first-order valence-corrected chi connectivity index (χ1v) is 9.34. The summed E-state index contributed by atoms with van der Waals surface area (Å²) in [5.41, 5.74) is 0.413. The number of rotatable bonds is 7. The Kier molecular flexibility index (Phi) is 8.59. The predicted octanol–water partition coefficient (Wildman–Crippen LogP) is 1.34. The van der Waals surface area contributed by atoms with Crippen LogP contribution in [0.25, 0.3) is 0 Å². The smallest absolute Gasteiger partial charge is 0.387 e. The van der Waals surface area contributed by atoms with Gasteiger partial charge in [0.2, 0.25) is 6.79 Å². The summed E-state index contributed by atoms with van der Waals surface area (Å²) in [5.74, 6) is 0.980. The second-order valence-electron chi connectivity index (χ2n) is 5.17. The van der Waals surface area contributed by atoms with Crippen molar-refractivity contribution in [1.82, 2.24) is 10.6 Å². The number of nitrogens with zero attached hydrogens (tertiary/aromatic N) is 1. The molecular weight excluding hydrogens is 487 g/mol. The third-order valence-electron chi connectivity index (χ3n) is 3.21. The lowest BCUT2D eigenvalue weighted by Gasteiger charge is -2.15.